The van der Waals surface area contributed by atoms with E-state index in [0.717, 1.165) is 25.7 Å². The number of H-pyrrole nitrogens is 1. The van der Waals surface area contributed by atoms with Crippen LogP contribution in [-0.4, -0.2) is 35.5 Å². The summed E-state index contributed by atoms with van der Waals surface area (Å²) in [6, 6.07) is 0.162. The molecule has 7 heteroatoms. The molecule has 2 fully saturated rings. The van der Waals surface area contributed by atoms with Gasteiger partial charge in [0.05, 0.1) is 6.20 Å². The Kier molecular flexibility index (Phi) is 3.11. The second-order valence-electron chi connectivity index (χ2n) is 5.06. The first kappa shape index (κ1) is 12.4. The molecule has 100 valence electrons. The average Bonchev–Trinajstić information content (AvgIpc) is 2.84. The van der Waals surface area contributed by atoms with Crippen LogP contribution in [0.5, 0.6) is 0 Å². The molecule has 1 unspecified atom stereocenters. The highest BCUT2D eigenvalue weighted by molar-refractivity contribution is 7.89. The van der Waals surface area contributed by atoms with Gasteiger partial charge in [-0.25, -0.2) is 8.42 Å². The van der Waals surface area contributed by atoms with Crippen molar-refractivity contribution >= 4 is 21.6 Å². The summed E-state index contributed by atoms with van der Waals surface area (Å²) in [6.07, 6.45) is 6.73. The second-order valence-corrected chi connectivity index (χ2v) is 7.30. The zero-order valence-electron chi connectivity index (χ0n) is 9.97. The van der Waals surface area contributed by atoms with Crippen molar-refractivity contribution in [2.24, 2.45) is 5.92 Å². The van der Waals surface area contributed by atoms with Gasteiger partial charge in [0.25, 0.3) is 0 Å². The van der Waals surface area contributed by atoms with E-state index in [0.29, 0.717) is 12.5 Å². The molecule has 1 N–H and O–H groups in total. The van der Waals surface area contributed by atoms with Crippen LogP contribution in [0.3, 0.4) is 0 Å². The molecule has 1 aliphatic carbocycles. The first-order valence-corrected chi connectivity index (χ1v) is 8.13. The van der Waals surface area contributed by atoms with Gasteiger partial charge < -0.3 is 0 Å². The van der Waals surface area contributed by atoms with Gasteiger partial charge in [-0.3, -0.25) is 5.10 Å². The number of hydrogen-bond donors (Lipinski definition) is 1. The Labute approximate surface area is 112 Å². The maximum atomic E-state index is 12.6. The summed E-state index contributed by atoms with van der Waals surface area (Å²) in [5.74, 6) is 0.535. The highest BCUT2D eigenvalue weighted by Gasteiger charge is 2.42. The predicted octanol–water partition coefficient (Wildman–Crippen LogP) is 2.02. The molecule has 1 saturated heterocycles. The second kappa shape index (κ2) is 4.51. The van der Waals surface area contributed by atoms with E-state index in [1.165, 1.54) is 12.6 Å². The van der Waals surface area contributed by atoms with Crippen molar-refractivity contribution in [2.75, 3.05) is 6.54 Å². The van der Waals surface area contributed by atoms with Crippen LogP contribution in [0.15, 0.2) is 11.1 Å². The van der Waals surface area contributed by atoms with E-state index in [2.05, 4.69) is 10.2 Å². The average molecular weight is 290 g/mol. The van der Waals surface area contributed by atoms with E-state index in [-0.39, 0.29) is 16.1 Å². The molecular weight excluding hydrogens is 274 g/mol. The van der Waals surface area contributed by atoms with Crippen LogP contribution in [0.2, 0.25) is 5.15 Å². The summed E-state index contributed by atoms with van der Waals surface area (Å²) in [7, 11) is -3.49. The fourth-order valence-electron chi connectivity index (χ4n) is 2.93. The molecule has 5 nitrogen and oxygen atoms in total. The number of aromatic amines is 1. The summed E-state index contributed by atoms with van der Waals surface area (Å²) >= 11 is 5.85. The third kappa shape index (κ3) is 1.87. The lowest BCUT2D eigenvalue weighted by atomic mass is 9.79. The first-order valence-electron chi connectivity index (χ1n) is 6.31. The fourth-order valence-corrected chi connectivity index (χ4v) is 5.03. The lowest BCUT2D eigenvalue weighted by Crippen LogP contribution is -2.42. The Balaban J connectivity index is 1.91. The Bertz CT molecular complexity index is 538. The number of nitrogens with one attached hydrogen (secondary N) is 1. The minimum absolute atomic E-state index is 0.106. The van der Waals surface area contributed by atoms with E-state index >= 15 is 0 Å². The van der Waals surface area contributed by atoms with Crippen molar-refractivity contribution < 1.29 is 8.42 Å². The Morgan fingerprint density at radius 3 is 2.67 bits per heavy atom. The zero-order chi connectivity index (χ0) is 12.8. The molecule has 1 aliphatic heterocycles. The van der Waals surface area contributed by atoms with Crippen LogP contribution in [-0.2, 0) is 10.0 Å². The lowest BCUT2D eigenvalue weighted by Gasteiger charge is -2.36. The minimum atomic E-state index is -3.49. The van der Waals surface area contributed by atoms with Crippen LogP contribution in [0.25, 0.3) is 0 Å². The van der Waals surface area contributed by atoms with Crippen molar-refractivity contribution in [2.45, 2.75) is 43.0 Å². The van der Waals surface area contributed by atoms with E-state index < -0.39 is 10.0 Å². The highest BCUT2D eigenvalue weighted by atomic mass is 35.5. The van der Waals surface area contributed by atoms with Crippen LogP contribution >= 0.6 is 11.6 Å². The summed E-state index contributed by atoms with van der Waals surface area (Å²) in [4.78, 5) is 0.107. The van der Waals surface area contributed by atoms with Gasteiger partial charge in [-0.1, -0.05) is 18.0 Å². The summed E-state index contributed by atoms with van der Waals surface area (Å²) in [5, 5.41) is 6.29. The maximum absolute atomic E-state index is 12.6. The molecule has 1 saturated carbocycles. The van der Waals surface area contributed by atoms with Crippen molar-refractivity contribution in [3.8, 4) is 0 Å². The van der Waals surface area contributed by atoms with Crippen LogP contribution in [0.4, 0.5) is 0 Å². The summed E-state index contributed by atoms with van der Waals surface area (Å²) in [5.41, 5.74) is 0. The first-order chi connectivity index (χ1) is 8.60. The zero-order valence-corrected chi connectivity index (χ0v) is 11.5. The van der Waals surface area contributed by atoms with Gasteiger partial charge in [0.2, 0.25) is 10.0 Å². The molecule has 0 spiro atoms. The third-order valence-electron chi connectivity index (χ3n) is 4.09. The lowest BCUT2D eigenvalue weighted by molar-refractivity contribution is 0.191. The quantitative estimate of drug-likeness (QED) is 0.926. The SMILES string of the molecule is O=S(=O)(c1cn[nH]c1Cl)N1CCCC1C1CCC1. The van der Waals surface area contributed by atoms with Gasteiger partial charge in [-0.15, -0.1) is 0 Å². The normalized spacial score (nSPS) is 26.4. The smallest absolute Gasteiger partial charge is 0.247 e. The highest BCUT2D eigenvalue weighted by Crippen LogP contribution is 2.40. The molecule has 2 heterocycles. The van der Waals surface area contributed by atoms with Crippen LogP contribution < -0.4 is 0 Å². The molecule has 3 rings (SSSR count). The molecule has 1 aromatic heterocycles. The maximum Gasteiger partial charge on any atom is 0.247 e. The fraction of sp³-hybridized carbons (Fsp3) is 0.727. The van der Waals surface area contributed by atoms with E-state index in [4.69, 9.17) is 11.6 Å². The molecule has 1 atom stereocenters. The molecule has 0 bridgehead atoms. The Hall–Kier alpha value is -0.590. The molecule has 0 aromatic carbocycles. The predicted molar refractivity (Wildman–Crippen MR) is 67.9 cm³/mol. The summed E-state index contributed by atoms with van der Waals surface area (Å²) < 4.78 is 26.7. The third-order valence-corrected chi connectivity index (χ3v) is 6.43. The van der Waals surface area contributed by atoms with Gasteiger partial charge in [0.15, 0.2) is 0 Å². The van der Waals surface area contributed by atoms with Gasteiger partial charge in [0.1, 0.15) is 10.0 Å². The van der Waals surface area contributed by atoms with Crippen molar-refractivity contribution in [1.29, 1.82) is 0 Å². The topological polar surface area (TPSA) is 66.1 Å². The number of halogens is 1. The molecule has 1 aromatic rings. The van der Waals surface area contributed by atoms with E-state index in [1.54, 1.807) is 4.31 Å². The van der Waals surface area contributed by atoms with Gasteiger partial charge in [0, 0.05) is 12.6 Å². The number of sulfonamides is 1. The number of rotatable bonds is 3. The number of nitrogens with zero attached hydrogens (tertiary/aromatic N) is 2. The molecular formula is C11H16ClN3O2S. The number of hydrogen-bond acceptors (Lipinski definition) is 3. The minimum Gasteiger partial charge on any atom is -0.266 e. The number of aromatic nitrogens is 2. The van der Waals surface area contributed by atoms with E-state index in [1.807, 2.05) is 0 Å². The largest absolute Gasteiger partial charge is 0.266 e. The van der Waals surface area contributed by atoms with E-state index in [9.17, 15) is 8.42 Å². The van der Waals surface area contributed by atoms with Crippen molar-refractivity contribution in [3.05, 3.63) is 11.3 Å². The molecule has 18 heavy (non-hydrogen) atoms. The van der Waals surface area contributed by atoms with Gasteiger partial charge >= 0.3 is 0 Å². The monoisotopic (exact) mass is 289 g/mol. The summed E-state index contributed by atoms with van der Waals surface area (Å²) in [6.45, 7) is 0.602. The van der Waals surface area contributed by atoms with Crippen molar-refractivity contribution in [3.63, 3.8) is 0 Å². The molecule has 2 aliphatic rings. The standard InChI is InChI=1S/C11H16ClN3O2S/c12-11-10(7-13-14-11)18(16,17)15-6-2-5-9(15)8-3-1-4-8/h7-9H,1-6H2,(H,13,14). The van der Waals surface area contributed by atoms with Crippen molar-refractivity contribution in [1.82, 2.24) is 14.5 Å². The van der Waals surface area contributed by atoms with Crippen LogP contribution in [0.1, 0.15) is 32.1 Å². The Morgan fingerprint density at radius 1 is 1.33 bits per heavy atom. The molecule has 0 amide bonds. The Morgan fingerprint density at radius 2 is 2.11 bits per heavy atom. The van der Waals surface area contributed by atoms with Gasteiger partial charge in [-0.05, 0) is 31.6 Å². The van der Waals surface area contributed by atoms with Crippen LogP contribution in [0, 0.1) is 5.92 Å². The van der Waals surface area contributed by atoms with Gasteiger partial charge in [-0.2, -0.15) is 9.40 Å². The molecule has 0 radical (unpaired) electrons.